The summed E-state index contributed by atoms with van der Waals surface area (Å²) in [5, 5.41) is 9.69. The average molecular weight is 384 g/mol. The Morgan fingerprint density at radius 1 is 0.966 bits per heavy atom. The van der Waals surface area contributed by atoms with E-state index >= 15 is 0 Å². The highest BCUT2D eigenvalue weighted by atomic mass is 16.5. The molecule has 0 aliphatic heterocycles. The van der Waals surface area contributed by atoms with Crippen molar-refractivity contribution in [3.05, 3.63) is 71.7 Å². The number of benzene rings is 2. The van der Waals surface area contributed by atoms with E-state index in [4.69, 9.17) is 9.72 Å². The molecule has 0 aliphatic carbocycles. The lowest BCUT2D eigenvalue weighted by atomic mass is 10.1. The third-order valence-corrected chi connectivity index (χ3v) is 5.17. The van der Waals surface area contributed by atoms with E-state index in [1.165, 1.54) is 11.1 Å². The highest BCUT2D eigenvalue weighted by Crippen LogP contribution is 2.22. The number of fused-ring (bicyclic) bond motifs is 3. The van der Waals surface area contributed by atoms with Crippen LogP contribution in [0.3, 0.4) is 0 Å². The smallest absolute Gasteiger partial charge is 0.182 e. The largest absolute Gasteiger partial charge is 0.489 e. The van der Waals surface area contributed by atoms with Gasteiger partial charge in [-0.2, -0.15) is 5.10 Å². The Morgan fingerprint density at radius 3 is 2.59 bits per heavy atom. The Labute approximate surface area is 167 Å². The molecule has 0 saturated carbocycles. The van der Waals surface area contributed by atoms with Gasteiger partial charge in [0.1, 0.15) is 18.7 Å². The second kappa shape index (κ2) is 6.70. The summed E-state index contributed by atoms with van der Waals surface area (Å²) in [5.41, 5.74) is 6.07. The van der Waals surface area contributed by atoms with Gasteiger partial charge in [-0.05, 0) is 42.7 Å². The molecule has 0 fully saturated rings. The van der Waals surface area contributed by atoms with Crippen LogP contribution in [0, 0.1) is 13.8 Å². The summed E-state index contributed by atoms with van der Waals surface area (Å²) in [5.74, 6) is 1.54. The first-order chi connectivity index (χ1) is 14.1. The Bertz CT molecular complexity index is 1330. The summed E-state index contributed by atoms with van der Waals surface area (Å²) in [7, 11) is 1.86. The van der Waals surface area contributed by atoms with Gasteiger partial charge in [-0.15, -0.1) is 5.10 Å². The van der Waals surface area contributed by atoms with Gasteiger partial charge in [-0.1, -0.05) is 30.3 Å². The van der Waals surface area contributed by atoms with E-state index in [1.54, 1.807) is 21.7 Å². The molecule has 5 rings (SSSR count). The number of hydrogen-bond donors (Lipinski definition) is 0. The molecule has 144 valence electrons. The number of rotatable bonds is 4. The van der Waals surface area contributed by atoms with Gasteiger partial charge in [-0.3, -0.25) is 4.68 Å². The Hall–Kier alpha value is -3.74. The molecule has 0 spiro atoms. The summed E-state index contributed by atoms with van der Waals surface area (Å²) in [6.45, 7) is 4.70. The van der Waals surface area contributed by atoms with Crippen LogP contribution in [0.25, 0.3) is 28.1 Å². The lowest BCUT2D eigenvalue weighted by Crippen LogP contribution is -1.96. The monoisotopic (exact) mass is 384 g/mol. The normalized spacial score (nSPS) is 11.4. The minimum atomic E-state index is 0.515. The standard InChI is InChI=1S/C22H20N6O/c1-14-4-9-18(10-15(14)2)29-12-16-5-7-17(8-6-16)20-25-22-19-11-24-27(3)21(19)23-13-28(22)26-20/h4-11,13H,12H2,1-3H3. The van der Waals surface area contributed by atoms with E-state index in [9.17, 15) is 0 Å². The summed E-state index contributed by atoms with van der Waals surface area (Å²) in [6.07, 6.45) is 3.44. The maximum absolute atomic E-state index is 5.92. The second-order valence-electron chi connectivity index (χ2n) is 7.19. The third-order valence-electron chi connectivity index (χ3n) is 5.17. The fourth-order valence-corrected chi connectivity index (χ4v) is 3.28. The van der Waals surface area contributed by atoms with Gasteiger partial charge >= 0.3 is 0 Å². The molecule has 0 saturated heterocycles. The van der Waals surface area contributed by atoms with Crippen LogP contribution in [0.5, 0.6) is 5.75 Å². The van der Waals surface area contributed by atoms with Crippen LogP contribution in [-0.4, -0.2) is 29.4 Å². The minimum Gasteiger partial charge on any atom is -0.489 e. The summed E-state index contributed by atoms with van der Waals surface area (Å²) in [6, 6.07) is 14.3. The van der Waals surface area contributed by atoms with Crippen molar-refractivity contribution in [2.45, 2.75) is 20.5 Å². The summed E-state index contributed by atoms with van der Waals surface area (Å²) in [4.78, 5) is 9.09. The molecule has 29 heavy (non-hydrogen) atoms. The Morgan fingerprint density at radius 2 is 1.79 bits per heavy atom. The first kappa shape index (κ1) is 17.4. The molecular weight excluding hydrogens is 364 g/mol. The van der Waals surface area contributed by atoms with Gasteiger partial charge in [0.2, 0.25) is 0 Å². The number of aromatic nitrogens is 6. The van der Waals surface area contributed by atoms with Gasteiger partial charge in [0.25, 0.3) is 0 Å². The molecule has 7 heteroatoms. The minimum absolute atomic E-state index is 0.515. The molecule has 0 atom stereocenters. The van der Waals surface area contributed by atoms with Gasteiger partial charge < -0.3 is 4.74 Å². The molecule has 2 aromatic carbocycles. The van der Waals surface area contributed by atoms with Crippen LogP contribution in [0.15, 0.2) is 55.0 Å². The zero-order chi connectivity index (χ0) is 20.0. The molecule has 0 amide bonds. The van der Waals surface area contributed by atoms with Crippen molar-refractivity contribution in [1.29, 1.82) is 0 Å². The molecule has 0 unspecified atom stereocenters. The first-order valence-corrected chi connectivity index (χ1v) is 9.41. The Kier molecular flexibility index (Phi) is 4.01. The van der Waals surface area contributed by atoms with Crippen molar-refractivity contribution in [3.63, 3.8) is 0 Å². The zero-order valence-electron chi connectivity index (χ0n) is 16.5. The van der Waals surface area contributed by atoms with Gasteiger partial charge in [0, 0.05) is 12.6 Å². The van der Waals surface area contributed by atoms with Crippen molar-refractivity contribution in [1.82, 2.24) is 29.4 Å². The van der Waals surface area contributed by atoms with Gasteiger partial charge in [0.15, 0.2) is 17.1 Å². The molecule has 3 aromatic heterocycles. The summed E-state index contributed by atoms with van der Waals surface area (Å²) < 4.78 is 9.34. The second-order valence-corrected chi connectivity index (χ2v) is 7.19. The Balaban J connectivity index is 1.38. The maximum atomic E-state index is 5.92. The van der Waals surface area contributed by atoms with Crippen LogP contribution in [0.1, 0.15) is 16.7 Å². The topological polar surface area (TPSA) is 70.1 Å². The van der Waals surface area contributed by atoms with E-state index in [1.807, 2.05) is 37.4 Å². The predicted octanol–water partition coefficient (Wildman–Crippen LogP) is 3.87. The van der Waals surface area contributed by atoms with E-state index in [0.29, 0.717) is 12.4 Å². The number of hydrogen-bond acceptors (Lipinski definition) is 5. The van der Waals surface area contributed by atoms with Crippen LogP contribution in [-0.2, 0) is 13.7 Å². The number of ether oxygens (including phenoxy) is 1. The molecule has 5 aromatic rings. The van der Waals surface area contributed by atoms with E-state index in [2.05, 4.69) is 41.2 Å². The molecular formula is C22H20N6O. The SMILES string of the molecule is Cc1ccc(OCc2ccc(-c3nc4c5cnn(C)c5ncn4n3)cc2)cc1C. The van der Waals surface area contributed by atoms with Gasteiger partial charge in [0.05, 0.1) is 11.6 Å². The van der Waals surface area contributed by atoms with Crippen LogP contribution >= 0.6 is 0 Å². The molecule has 0 radical (unpaired) electrons. The van der Waals surface area contributed by atoms with E-state index in [0.717, 1.165) is 33.6 Å². The molecule has 3 heterocycles. The van der Waals surface area contributed by atoms with Crippen molar-refractivity contribution >= 4 is 16.7 Å². The molecule has 7 nitrogen and oxygen atoms in total. The van der Waals surface area contributed by atoms with E-state index in [-0.39, 0.29) is 0 Å². The highest BCUT2D eigenvalue weighted by molar-refractivity contribution is 5.88. The van der Waals surface area contributed by atoms with Crippen molar-refractivity contribution < 1.29 is 4.74 Å². The molecule has 0 bridgehead atoms. The van der Waals surface area contributed by atoms with Crippen LogP contribution in [0.2, 0.25) is 0 Å². The van der Waals surface area contributed by atoms with E-state index < -0.39 is 0 Å². The van der Waals surface area contributed by atoms with Crippen molar-refractivity contribution in [3.8, 4) is 17.1 Å². The fourth-order valence-electron chi connectivity index (χ4n) is 3.28. The average Bonchev–Trinajstić information content (AvgIpc) is 3.33. The highest BCUT2D eigenvalue weighted by Gasteiger charge is 2.12. The summed E-state index contributed by atoms with van der Waals surface area (Å²) >= 11 is 0. The molecule has 0 aliphatic rings. The number of nitrogens with zero attached hydrogens (tertiary/aromatic N) is 6. The van der Waals surface area contributed by atoms with Crippen LogP contribution in [0.4, 0.5) is 0 Å². The number of aryl methyl sites for hydroxylation is 3. The lowest BCUT2D eigenvalue weighted by Gasteiger charge is -2.08. The first-order valence-electron chi connectivity index (χ1n) is 9.41. The lowest BCUT2D eigenvalue weighted by molar-refractivity contribution is 0.306. The van der Waals surface area contributed by atoms with Crippen LogP contribution < -0.4 is 4.74 Å². The van der Waals surface area contributed by atoms with Crippen molar-refractivity contribution in [2.75, 3.05) is 0 Å². The van der Waals surface area contributed by atoms with Crippen molar-refractivity contribution in [2.24, 2.45) is 7.05 Å². The van der Waals surface area contributed by atoms with Gasteiger partial charge in [-0.25, -0.2) is 14.5 Å². The third kappa shape index (κ3) is 3.10. The fraction of sp³-hybridized carbons (Fsp3) is 0.182. The zero-order valence-corrected chi connectivity index (χ0v) is 16.5. The predicted molar refractivity (Wildman–Crippen MR) is 111 cm³/mol. The quantitative estimate of drug-likeness (QED) is 0.470. The maximum Gasteiger partial charge on any atom is 0.182 e. The molecule has 0 N–H and O–H groups in total.